The van der Waals surface area contributed by atoms with E-state index in [1.165, 1.54) is 0 Å². The molecular formula is C13H15N3O. The average molecular weight is 229 g/mol. The van der Waals surface area contributed by atoms with Gasteiger partial charge in [0, 0.05) is 30.1 Å². The summed E-state index contributed by atoms with van der Waals surface area (Å²) in [5, 5.41) is 0. The molecule has 88 valence electrons. The first-order valence-electron chi connectivity index (χ1n) is 5.68. The standard InChI is InChI=1S/C13H15N3O/c1-3-11-9(2)15-12(16-13(11)17)7-10-5-4-6-14-8-10/h4-6,8H,3,7H2,1-2H3,(H,15,16,17). The molecule has 0 fully saturated rings. The molecule has 0 aliphatic heterocycles. The summed E-state index contributed by atoms with van der Waals surface area (Å²) in [6.07, 6.45) is 4.82. The van der Waals surface area contributed by atoms with E-state index in [9.17, 15) is 4.79 Å². The van der Waals surface area contributed by atoms with Crippen LogP contribution in [0, 0.1) is 6.92 Å². The van der Waals surface area contributed by atoms with Gasteiger partial charge in [-0.15, -0.1) is 0 Å². The van der Waals surface area contributed by atoms with E-state index in [0.29, 0.717) is 18.7 Å². The number of aryl methyl sites for hydroxylation is 1. The molecule has 0 unspecified atom stereocenters. The molecule has 4 nitrogen and oxygen atoms in total. The Morgan fingerprint density at radius 2 is 2.24 bits per heavy atom. The first kappa shape index (κ1) is 11.5. The van der Waals surface area contributed by atoms with Crippen LogP contribution in [0.25, 0.3) is 0 Å². The number of H-pyrrole nitrogens is 1. The first-order chi connectivity index (χ1) is 8.20. The van der Waals surface area contributed by atoms with Crippen molar-refractivity contribution >= 4 is 0 Å². The normalized spacial score (nSPS) is 10.5. The number of nitrogens with one attached hydrogen (secondary N) is 1. The zero-order valence-electron chi connectivity index (χ0n) is 10.0. The molecular weight excluding hydrogens is 214 g/mol. The zero-order valence-corrected chi connectivity index (χ0v) is 10.0. The van der Waals surface area contributed by atoms with Crippen molar-refractivity contribution < 1.29 is 0 Å². The Morgan fingerprint density at radius 3 is 2.82 bits per heavy atom. The highest BCUT2D eigenvalue weighted by molar-refractivity contribution is 5.19. The molecule has 0 bridgehead atoms. The van der Waals surface area contributed by atoms with Gasteiger partial charge in [-0.05, 0) is 25.0 Å². The van der Waals surface area contributed by atoms with E-state index in [1.807, 2.05) is 26.0 Å². The van der Waals surface area contributed by atoms with Crippen LogP contribution < -0.4 is 5.56 Å². The molecule has 4 heteroatoms. The molecule has 0 saturated carbocycles. The van der Waals surface area contributed by atoms with Gasteiger partial charge in [0.1, 0.15) is 5.82 Å². The van der Waals surface area contributed by atoms with E-state index >= 15 is 0 Å². The number of hydrogen-bond acceptors (Lipinski definition) is 3. The third-order valence-corrected chi connectivity index (χ3v) is 2.72. The molecule has 0 spiro atoms. The minimum absolute atomic E-state index is 0.0288. The fraction of sp³-hybridized carbons (Fsp3) is 0.308. The second kappa shape index (κ2) is 4.91. The van der Waals surface area contributed by atoms with Crippen molar-refractivity contribution in [3.63, 3.8) is 0 Å². The van der Waals surface area contributed by atoms with Crippen LogP contribution in [-0.4, -0.2) is 15.0 Å². The van der Waals surface area contributed by atoms with Gasteiger partial charge in [-0.2, -0.15) is 0 Å². The quantitative estimate of drug-likeness (QED) is 0.870. The van der Waals surface area contributed by atoms with Gasteiger partial charge in [0.15, 0.2) is 0 Å². The lowest BCUT2D eigenvalue weighted by molar-refractivity contribution is 0.876. The van der Waals surface area contributed by atoms with E-state index < -0.39 is 0 Å². The molecule has 2 aromatic rings. The van der Waals surface area contributed by atoms with E-state index in [4.69, 9.17) is 0 Å². The lowest BCUT2D eigenvalue weighted by Crippen LogP contribution is -2.18. The van der Waals surface area contributed by atoms with Crippen LogP contribution in [0.15, 0.2) is 29.3 Å². The molecule has 0 atom stereocenters. The van der Waals surface area contributed by atoms with Gasteiger partial charge in [0.2, 0.25) is 0 Å². The van der Waals surface area contributed by atoms with Gasteiger partial charge in [-0.25, -0.2) is 4.98 Å². The van der Waals surface area contributed by atoms with Crippen molar-refractivity contribution in [2.75, 3.05) is 0 Å². The van der Waals surface area contributed by atoms with E-state index in [0.717, 1.165) is 16.8 Å². The Bertz CT molecular complexity index is 561. The van der Waals surface area contributed by atoms with E-state index in [1.54, 1.807) is 12.4 Å². The largest absolute Gasteiger partial charge is 0.310 e. The Kier molecular flexibility index (Phi) is 3.32. The number of rotatable bonds is 3. The summed E-state index contributed by atoms with van der Waals surface area (Å²) in [5.41, 5.74) is 2.59. The van der Waals surface area contributed by atoms with Crippen LogP contribution in [0.5, 0.6) is 0 Å². The van der Waals surface area contributed by atoms with Gasteiger partial charge < -0.3 is 4.98 Å². The highest BCUT2D eigenvalue weighted by atomic mass is 16.1. The van der Waals surface area contributed by atoms with Gasteiger partial charge in [-0.3, -0.25) is 9.78 Å². The Hall–Kier alpha value is -1.97. The first-order valence-corrected chi connectivity index (χ1v) is 5.68. The summed E-state index contributed by atoms with van der Waals surface area (Å²) in [6, 6.07) is 3.84. The molecule has 1 N–H and O–H groups in total. The topological polar surface area (TPSA) is 58.6 Å². The summed E-state index contributed by atoms with van der Waals surface area (Å²) in [5.74, 6) is 0.692. The number of aromatic nitrogens is 3. The average Bonchev–Trinajstić information content (AvgIpc) is 2.30. The second-order valence-corrected chi connectivity index (χ2v) is 3.97. The minimum atomic E-state index is -0.0288. The van der Waals surface area contributed by atoms with Crippen molar-refractivity contribution in [1.29, 1.82) is 0 Å². The maximum atomic E-state index is 11.8. The van der Waals surface area contributed by atoms with Gasteiger partial charge >= 0.3 is 0 Å². The third-order valence-electron chi connectivity index (χ3n) is 2.72. The molecule has 2 aromatic heterocycles. The maximum Gasteiger partial charge on any atom is 0.254 e. The van der Waals surface area contributed by atoms with Crippen molar-refractivity contribution in [3.8, 4) is 0 Å². The molecule has 0 radical (unpaired) electrons. The predicted octanol–water partition coefficient (Wildman–Crippen LogP) is 1.63. The molecule has 2 rings (SSSR count). The van der Waals surface area contributed by atoms with Crippen LogP contribution in [0.1, 0.15) is 29.6 Å². The van der Waals surface area contributed by atoms with E-state index in [-0.39, 0.29) is 5.56 Å². The lowest BCUT2D eigenvalue weighted by Gasteiger charge is -2.05. The third kappa shape index (κ3) is 2.58. The molecule has 0 aromatic carbocycles. The number of aromatic amines is 1. The Morgan fingerprint density at radius 1 is 1.41 bits per heavy atom. The van der Waals surface area contributed by atoms with Crippen molar-refractivity contribution in [2.45, 2.75) is 26.7 Å². The number of hydrogen-bond donors (Lipinski definition) is 1. The fourth-order valence-corrected chi connectivity index (χ4v) is 1.86. The van der Waals surface area contributed by atoms with Crippen LogP contribution >= 0.6 is 0 Å². The summed E-state index contributed by atoms with van der Waals surface area (Å²) < 4.78 is 0. The Balaban J connectivity index is 2.32. The molecule has 0 saturated heterocycles. The van der Waals surface area contributed by atoms with Crippen molar-refractivity contribution in [2.24, 2.45) is 0 Å². The van der Waals surface area contributed by atoms with E-state index in [2.05, 4.69) is 15.0 Å². The predicted molar refractivity (Wildman–Crippen MR) is 66.0 cm³/mol. The molecule has 0 aliphatic carbocycles. The summed E-state index contributed by atoms with van der Waals surface area (Å²) in [4.78, 5) is 23.0. The van der Waals surface area contributed by atoms with Crippen LogP contribution in [0.4, 0.5) is 0 Å². The molecule has 0 aliphatic rings. The van der Waals surface area contributed by atoms with Crippen LogP contribution in [0.2, 0.25) is 0 Å². The fourth-order valence-electron chi connectivity index (χ4n) is 1.86. The van der Waals surface area contributed by atoms with Crippen molar-refractivity contribution in [3.05, 3.63) is 57.5 Å². The van der Waals surface area contributed by atoms with Crippen molar-refractivity contribution in [1.82, 2.24) is 15.0 Å². The Labute approximate surface area is 99.8 Å². The second-order valence-electron chi connectivity index (χ2n) is 3.97. The zero-order chi connectivity index (χ0) is 12.3. The lowest BCUT2D eigenvalue weighted by atomic mass is 10.1. The summed E-state index contributed by atoms with van der Waals surface area (Å²) >= 11 is 0. The number of nitrogens with zero attached hydrogens (tertiary/aromatic N) is 2. The monoisotopic (exact) mass is 229 g/mol. The smallest absolute Gasteiger partial charge is 0.254 e. The van der Waals surface area contributed by atoms with Gasteiger partial charge in [0.25, 0.3) is 5.56 Å². The molecule has 0 amide bonds. The summed E-state index contributed by atoms with van der Waals surface area (Å²) in [7, 11) is 0. The highest BCUT2D eigenvalue weighted by Gasteiger charge is 2.06. The SMILES string of the molecule is CCc1c(C)nc(Cc2cccnc2)[nH]c1=O. The molecule has 17 heavy (non-hydrogen) atoms. The van der Waals surface area contributed by atoms with Crippen LogP contribution in [-0.2, 0) is 12.8 Å². The summed E-state index contributed by atoms with van der Waals surface area (Å²) in [6.45, 7) is 3.83. The van der Waals surface area contributed by atoms with Crippen LogP contribution in [0.3, 0.4) is 0 Å². The molecule has 2 heterocycles. The van der Waals surface area contributed by atoms with Gasteiger partial charge in [0.05, 0.1) is 0 Å². The maximum absolute atomic E-state index is 11.8. The highest BCUT2D eigenvalue weighted by Crippen LogP contribution is 2.05. The number of pyridine rings is 1. The minimum Gasteiger partial charge on any atom is -0.310 e. The van der Waals surface area contributed by atoms with Gasteiger partial charge in [-0.1, -0.05) is 13.0 Å².